The van der Waals surface area contributed by atoms with Gasteiger partial charge in [0, 0.05) is 0 Å². The summed E-state index contributed by atoms with van der Waals surface area (Å²) in [6.45, 7) is 28.8. The first kappa shape index (κ1) is 42.1. The molecule has 0 radical (unpaired) electrons. The molecule has 28 rings (SSSR count). The molecule has 0 aliphatic heterocycles. The van der Waals surface area contributed by atoms with Gasteiger partial charge in [0.25, 0.3) is 0 Å². The molecule has 0 aromatic rings. The van der Waals surface area contributed by atoms with Gasteiger partial charge in [-0.15, -0.1) is 0 Å². The van der Waals surface area contributed by atoms with Gasteiger partial charge in [0.2, 0.25) is 0 Å². The van der Waals surface area contributed by atoms with E-state index in [9.17, 15) is 0 Å². The standard InChI is InChI=1S/C70H102/c1-11-66-30-58(5)22-51-53(66)26-65(35-64-24-43-39-12-55(2)13-40(63(39,10)34-64)44(25-64)62(43,9)28-55)27-54(66)52(23-58)70(51,36-65)38-69-33-60(7)18-47-49(69)20-59(6)21-50(69)48(19-60)68(47,32-59)37-67-31-57(4)14-41-45(67)16-56(3)17-46(67)42(15-57)61(41,8)29-56/h39-54H,11-38H2,1-10H3. The highest BCUT2D eigenvalue weighted by Crippen LogP contribution is 2.95. The van der Waals surface area contributed by atoms with E-state index in [-0.39, 0.29) is 0 Å². The summed E-state index contributed by atoms with van der Waals surface area (Å²) in [7, 11) is 0. The molecule has 0 amide bonds. The number of rotatable bonds is 7. The molecular weight excluding hydrogens is 841 g/mol. The minimum atomic E-state index is 0.636. The summed E-state index contributed by atoms with van der Waals surface area (Å²) in [5, 5.41) is 0. The van der Waals surface area contributed by atoms with Gasteiger partial charge in [0.05, 0.1) is 0 Å². The van der Waals surface area contributed by atoms with Crippen LogP contribution >= 0.6 is 0 Å². The second kappa shape index (κ2) is 10.8. The first-order chi connectivity index (χ1) is 32.8. The van der Waals surface area contributed by atoms with E-state index in [1.54, 1.807) is 173 Å². The van der Waals surface area contributed by atoms with Crippen molar-refractivity contribution in [3.8, 4) is 0 Å². The summed E-state index contributed by atoms with van der Waals surface area (Å²) in [5.41, 5.74) is 10.8. The zero-order valence-electron chi connectivity index (χ0n) is 47.0. The number of hydrogen-bond acceptors (Lipinski definition) is 0. The highest BCUT2D eigenvalue weighted by molar-refractivity contribution is 5.36. The third kappa shape index (κ3) is 3.98. The van der Waals surface area contributed by atoms with Gasteiger partial charge in [-0.05, 0) is 361 Å². The predicted octanol–water partition coefficient (Wildman–Crippen LogP) is 18.0. The molecule has 32 bridgehead atoms. The molecular formula is C70H102. The Morgan fingerprint density at radius 3 is 0.829 bits per heavy atom. The second-order valence-corrected chi connectivity index (χ2v) is 39.8. The lowest BCUT2D eigenvalue weighted by atomic mass is 9.16. The Hall–Kier alpha value is 0. The van der Waals surface area contributed by atoms with Crippen molar-refractivity contribution >= 4 is 0 Å². The molecule has 0 N–H and O–H groups in total. The summed E-state index contributed by atoms with van der Waals surface area (Å²) in [5.74, 6) is 17.2. The van der Waals surface area contributed by atoms with Gasteiger partial charge in [-0.3, -0.25) is 0 Å². The molecule has 28 aliphatic carbocycles. The maximum absolute atomic E-state index is 2.98. The van der Waals surface area contributed by atoms with Crippen LogP contribution in [0.15, 0.2) is 0 Å². The van der Waals surface area contributed by atoms with E-state index >= 15 is 0 Å². The van der Waals surface area contributed by atoms with E-state index in [4.69, 9.17) is 0 Å². The molecule has 0 heteroatoms. The predicted molar refractivity (Wildman–Crippen MR) is 281 cm³/mol. The van der Waals surface area contributed by atoms with Crippen molar-refractivity contribution in [2.24, 2.45) is 181 Å². The summed E-state index contributed by atoms with van der Waals surface area (Å²) < 4.78 is 0. The van der Waals surface area contributed by atoms with E-state index in [0.717, 1.165) is 94.7 Å². The normalized spacial score (nSPS) is 77.9. The zero-order chi connectivity index (χ0) is 47.0. The van der Waals surface area contributed by atoms with Gasteiger partial charge < -0.3 is 0 Å². The zero-order valence-corrected chi connectivity index (χ0v) is 47.0. The van der Waals surface area contributed by atoms with Gasteiger partial charge in [0.15, 0.2) is 0 Å². The average molecular weight is 944 g/mol. The topological polar surface area (TPSA) is 0 Å². The lowest BCUT2D eigenvalue weighted by Gasteiger charge is -2.88. The third-order valence-corrected chi connectivity index (χ3v) is 36.3. The molecule has 28 aliphatic rings. The highest BCUT2D eigenvalue weighted by Gasteiger charge is 2.87. The highest BCUT2D eigenvalue weighted by atomic mass is 14.9. The Kier molecular flexibility index (Phi) is 6.48. The largest absolute Gasteiger partial charge is 0.0648 e. The molecule has 28 fully saturated rings. The fourth-order valence-corrected chi connectivity index (χ4v) is 37.7. The maximum atomic E-state index is 2.98. The Balaban J connectivity index is 0.707. The van der Waals surface area contributed by atoms with Crippen molar-refractivity contribution in [1.82, 2.24) is 0 Å². The molecule has 16 unspecified atom stereocenters. The molecule has 0 nitrogen and oxygen atoms in total. The van der Waals surface area contributed by atoms with Crippen molar-refractivity contribution in [3.05, 3.63) is 0 Å². The van der Waals surface area contributed by atoms with Crippen LogP contribution in [0.25, 0.3) is 0 Å². The van der Waals surface area contributed by atoms with Crippen molar-refractivity contribution in [1.29, 1.82) is 0 Å². The van der Waals surface area contributed by atoms with Crippen molar-refractivity contribution in [3.63, 3.8) is 0 Å². The van der Waals surface area contributed by atoms with Crippen LogP contribution in [0.2, 0.25) is 0 Å². The van der Waals surface area contributed by atoms with Crippen LogP contribution in [0.3, 0.4) is 0 Å². The Bertz CT molecular complexity index is 2430. The summed E-state index contributed by atoms with van der Waals surface area (Å²) in [6.07, 6.45) is 46.5. The Morgan fingerprint density at radius 2 is 0.457 bits per heavy atom. The SMILES string of the molecule is CCC12CC3(C)CC4C1CC1(CC56CC7C8CC9(C)CC(C(C5)C7(C)C9)C8(C)C6)CC2C(C3)C4(CC23CC4(C)CC5C2CC2(C)CC3C(C4)C5(CC34CC5(C)CC6C3CC3(C)CC4C(C5)C6(C)C3)C2)C1. The average Bonchev–Trinajstić information content (AvgIpc) is 3.26. The van der Waals surface area contributed by atoms with Gasteiger partial charge in [-0.1, -0.05) is 69.2 Å². The van der Waals surface area contributed by atoms with E-state index in [1.807, 2.05) is 0 Å². The molecule has 382 valence electrons. The molecule has 70 heavy (non-hydrogen) atoms. The lowest BCUT2D eigenvalue weighted by molar-refractivity contribution is -0.393. The van der Waals surface area contributed by atoms with Crippen LogP contribution in [-0.2, 0) is 0 Å². The monoisotopic (exact) mass is 943 g/mol. The number of hydrogen-bond donors (Lipinski definition) is 0. The molecule has 0 aromatic heterocycles. The van der Waals surface area contributed by atoms with Gasteiger partial charge in [0.1, 0.15) is 0 Å². The van der Waals surface area contributed by atoms with Gasteiger partial charge in [-0.2, -0.15) is 0 Å². The summed E-state index contributed by atoms with van der Waals surface area (Å²) >= 11 is 0. The third-order valence-electron chi connectivity index (χ3n) is 36.3. The van der Waals surface area contributed by atoms with E-state index in [0.29, 0.717) is 86.6 Å². The minimum absolute atomic E-state index is 0.636. The van der Waals surface area contributed by atoms with Crippen LogP contribution < -0.4 is 0 Å². The second-order valence-electron chi connectivity index (χ2n) is 39.8. The maximum Gasteiger partial charge on any atom is -0.0224 e. The van der Waals surface area contributed by atoms with Crippen LogP contribution in [0.1, 0.15) is 249 Å². The van der Waals surface area contributed by atoms with Crippen molar-refractivity contribution < 1.29 is 0 Å². The van der Waals surface area contributed by atoms with Crippen molar-refractivity contribution in [2.75, 3.05) is 0 Å². The summed E-state index contributed by atoms with van der Waals surface area (Å²) in [6, 6.07) is 0. The summed E-state index contributed by atoms with van der Waals surface area (Å²) in [4.78, 5) is 0. The lowest BCUT2D eigenvalue weighted by Crippen LogP contribution is -2.81. The molecule has 0 saturated heterocycles. The van der Waals surface area contributed by atoms with E-state index < -0.39 is 0 Å². The van der Waals surface area contributed by atoms with Gasteiger partial charge >= 0.3 is 0 Å². The molecule has 0 aromatic carbocycles. The fourth-order valence-electron chi connectivity index (χ4n) is 37.7. The van der Waals surface area contributed by atoms with Crippen LogP contribution in [-0.4, -0.2) is 0 Å². The van der Waals surface area contributed by atoms with Crippen LogP contribution in [0.4, 0.5) is 0 Å². The van der Waals surface area contributed by atoms with E-state index in [1.165, 1.54) is 6.42 Å². The molecule has 0 spiro atoms. The minimum Gasteiger partial charge on any atom is -0.0648 e. The molecule has 16 atom stereocenters. The smallest absolute Gasteiger partial charge is 0.0224 e. The van der Waals surface area contributed by atoms with Crippen molar-refractivity contribution in [2.45, 2.75) is 249 Å². The first-order valence-electron chi connectivity index (χ1n) is 32.8. The first-order valence-corrected chi connectivity index (χ1v) is 32.8. The van der Waals surface area contributed by atoms with Gasteiger partial charge in [-0.25, -0.2) is 0 Å². The Labute approximate surface area is 428 Å². The van der Waals surface area contributed by atoms with Crippen LogP contribution in [0.5, 0.6) is 0 Å². The molecule has 0 heterocycles. The Morgan fingerprint density at radius 1 is 0.229 bits per heavy atom. The quantitative estimate of drug-likeness (QED) is 0.239. The molecule has 28 saturated carbocycles. The fraction of sp³-hybridized carbons (Fsp3) is 1.00. The van der Waals surface area contributed by atoms with Crippen LogP contribution in [0, 0.1) is 181 Å². The van der Waals surface area contributed by atoms with E-state index in [2.05, 4.69) is 69.2 Å².